The average molecular weight is 447 g/mol. The molecule has 1 aliphatic heterocycles. The number of alkyl halides is 3. The summed E-state index contributed by atoms with van der Waals surface area (Å²) in [5.41, 5.74) is -1.97. The molecule has 0 atom stereocenters. The molecular weight excluding hydrogens is 425 g/mol. The van der Waals surface area contributed by atoms with Gasteiger partial charge in [0.25, 0.3) is 5.91 Å². The molecule has 1 fully saturated rings. The van der Waals surface area contributed by atoms with Crippen molar-refractivity contribution in [2.45, 2.75) is 44.5 Å². The first-order chi connectivity index (χ1) is 13.9. The fourth-order valence-electron chi connectivity index (χ4n) is 3.48. The van der Waals surface area contributed by atoms with E-state index >= 15 is 0 Å². The third-order valence-corrected chi connectivity index (χ3v) is 5.31. The van der Waals surface area contributed by atoms with Crippen LogP contribution in [0.15, 0.2) is 29.1 Å². The zero-order valence-corrected chi connectivity index (χ0v) is 17.5. The summed E-state index contributed by atoms with van der Waals surface area (Å²) in [5.74, 6) is -0.990. The second-order valence-corrected chi connectivity index (χ2v) is 8.13. The van der Waals surface area contributed by atoms with Crippen molar-refractivity contribution < 1.29 is 22.7 Å². The van der Waals surface area contributed by atoms with E-state index in [1.165, 1.54) is 0 Å². The number of carbonyl (C=O) groups excluding carboxylic acids is 1. The molecule has 1 aliphatic rings. The Hall–Kier alpha value is -2.49. The lowest BCUT2D eigenvalue weighted by Gasteiger charge is -2.36. The number of carbonyl (C=O) groups is 1. The smallest absolute Gasteiger partial charge is 0.451 e. The maximum atomic E-state index is 13.0. The fourth-order valence-corrected chi connectivity index (χ4v) is 3.60. The summed E-state index contributed by atoms with van der Waals surface area (Å²) in [6.07, 6.45) is -4.08. The van der Waals surface area contributed by atoms with Crippen LogP contribution in [0.25, 0.3) is 0 Å². The highest BCUT2D eigenvalue weighted by atomic mass is 35.5. The van der Waals surface area contributed by atoms with Gasteiger partial charge in [-0.3, -0.25) is 9.36 Å². The number of nitrogens with zero attached hydrogens (tertiary/aromatic N) is 4. The minimum atomic E-state index is -4.71. The van der Waals surface area contributed by atoms with Gasteiger partial charge in [0.15, 0.2) is 5.60 Å². The Morgan fingerprint density at radius 2 is 1.73 bits per heavy atom. The van der Waals surface area contributed by atoms with Crippen LogP contribution in [0.3, 0.4) is 0 Å². The van der Waals surface area contributed by atoms with E-state index in [-0.39, 0.29) is 19.0 Å². The molecule has 0 saturated carbocycles. The number of benzene rings is 1. The van der Waals surface area contributed by atoms with E-state index in [9.17, 15) is 22.8 Å². The number of piperidine rings is 1. The first kappa shape index (κ1) is 22.2. The topological polar surface area (TPSA) is 69.4 Å². The Morgan fingerprint density at radius 3 is 2.23 bits per heavy atom. The van der Waals surface area contributed by atoms with Gasteiger partial charge in [0, 0.05) is 25.2 Å². The molecule has 2 heterocycles. The highest BCUT2D eigenvalue weighted by Crippen LogP contribution is 2.29. The molecule has 0 aliphatic carbocycles. The van der Waals surface area contributed by atoms with Crippen LogP contribution in [0, 0.1) is 0 Å². The zero-order chi connectivity index (χ0) is 22.3. The van der Waals surface area contributed by atoms with Crippen molar-refractivity contribution in [2.24, 2.45) is 7.05 Å². The van der Waals surface area contributed by atoms with Crippen LogP contribution in [0.4, 0.5) is 13.2 Å². The summed E-state index contributed by atoms with van der Waals surface area (Å²) in [4.78, 5) is 26.7. The SMILES string of the molecule is Cn1c(C(F)(F)F)nn(C2CCN(C(=O)C(C)(C)Oc3ccc(Cl)cc3)CC2)c1=O. The first-order valence-electron chi connectivity index (χ1n) is 9.37. The van der Waals surface area contributed by atoms with Crippen molar-refractivity contribution in [3.05, 3.63) is 45.6 Å². The number of rotatable bonds is 4. The van der Waals surface area contributed by atoms with Gasteiger partial charge in [0.05, 0.1) is 6.04 Å². The second-order valence-electron chi connectivity index (χ2n) is 7.70. The Kier molecular flexibility index (Phi) is 5.90. The molecule has 7 nitrogen and oxygen atoms in total. The molecule has 3 rings (SSSR count). The number of halogens is 4. The molecular formula is C19H22ClF3N4O3. The van der Waals surface area contributed by atoms with Crippen LogP contribution < -0.4 is 10.4 Å². The zero-order valence-electron chi connectivity index (χ0n) is 16.7. The molecule has 0 N–H and O–H groups in total. The third-order valence-electron chi connectivity index (χ3n) is 5.06. The van der Waals surface area contributed by atoms with Gasteiger partial charge in [0.2, 0.25) is 5.82 Å². The van der Waals surface area contributed by atoms with Gasteiger partial charge in [-0.15, -0.1) is 5.10 Å². The number of aromatic nitrogens is 3. The summed E-state index contributed by atoms with van der Waals surface area (Å²) in [6.45, 7) is 3.85. The highest BCUT2D eigenvalue weighted by molar-refractivity contribution is 6.30. The van der Waals surface area contributed by atoms with Crippen molar-refractivity contribution in [3.8, 4) is 5.75 Å². The Labute approximate surface area is 176 Å². The van der Waals surface area contributed by atoms with Crippen LogP contribution in [0.1, 0.15) is 38.6 Å². The highest BCUT2D eigenvalue weighted by Gasteiger charge is 2.40. The average Bonchev–Trinajstić information content (AvgIpc) is 2.98. The quantitative estimate of drug-likeness (QED) is 0.722. The van der Waals surface area contributed by atoms with Gasteiger partial charge in [-0.1, -0.05) is 11.6 Å². The largest absolute Gasteiger partial charge is 0.478 e. The number of likely N-dealkylation sites (tertiary alicyclic amines) is 1. The fraction of sp³-hybridized carbons (Fsp3) is 0.526. The monoisotopic (exact) mass is 446 g/mol. The van der Waals surface area contributed by atoms with Crippen molar-refractivity contribution >= 4 is 17.5 Å². The molecule has 1 saturated heterocycles. The van der Waals surface area contributed by atoms with Gasteiger partial charge in [-0.25, -0.2) is 9.48 Å². The molecule has 2 aromatic rings. The lowest BCUT2D eigenvalue weighted by atomic mass is 10.0. The lowest BCUT2D eigenvalue weighted by Crippen LogP contribution is -2.51. The molecule has 1 aromatic heterocycles. The molecule has 11 heteroatoms. The molecule has 164 valence electrons. The van der Waals surface area contributed by atoms with Crippen molar-refractivity contribution in [3.63, 3.8) is 0 Å². The Balaban J connectivity index is 1.67. The molecule has 0 unspecified atom stereocenters. The lowest BCUT2D eigenvalue weighted by molar-refractivity contribution is -0.147. The van der Waals surface area contributed by atoms with Gasteiger partial charge in [-0.05, 0) is 51.0 Å². The maximum Gasteiger partial charge on any atom is 0.451 e. The van der Waals surface area contributed by atoms with Gasteiger partial charge >= 0.3 is 11.9 Å². The van der Waals surface area contributed by atoms with Crippen LogP contribution in [-0.4, -0.2) is 43.8 Å². The summed E-state index contributed by atoms with van der Waals surface area (Å²) in [6, 6.07) is 6.12. The summed E-state index contributed by atoms with van der Waals surface area (Å²) < 4.78 is 46.2. The predicted molar refractivity (Wildman–Crippen MR) is 103 cm³/mol. The molecule has 0 bridgehead atoms. The molecule has 30 heavy (non-hydrogen) atoms. The first-order valence-corrected chi connectivity index (χ1v) is 9.74. The van der Waals surface area contributed by atoms with E-state index in [1.54, 1.807) is 43.0 Å². The normalized spacial score (nSPS) is 16.0. The van der Waals surface area contributed by atoms with E-state index in [4.69, 9.17) is 16.3 Å². The van der Waals surface area contributed by atoms with Crippen LogP contribution in [0.5, 0.6) is 5.75 Å². The summed E-state index contributed by atoms with van der Waals surface area (Å²) >= 11 is 5.85. The van der Waals surface area contributed by atoms with E-state index < -0.39 is 29.3 Å². The molecule has 1 aromatic carbocycles. The van der Waals surface area contributed by atoms with Crippen molar-refractivity contribution in [1.82, 2.24) is 19.2 Å². The summed E-state index contributed by atoms with van der Waals surface area (Å²) in [7, 11) is 1.05. The van der Waals surface area contributed by atoms with Crippen molar-refractivity contribution in [2.75, 3.05) is 13.1 Å². The van der Waals surface area contributed by atoms with Gasteiger partial charge in [0.1, 0.15) is 5.75 Å². The van der Waals surface area contributed by atoms with E-state index in [0.717, 1.165) is 11.7 Å². The number of hydrogen-bond acceptors (Lipinski definition) is 4. The minimum absolute atomic E-state index is 0.250. The van der Waals surface area contributed by atoms with Crippen LogP contribution in [0.2, 0.25) is 5.02 Å². The molecule has 0 radical (unpaired) electrons. The standard InChI is InChI=1S/C19H22ClF3N4O3/c1-18(2,30-14-6-4-12(20)5-7-14)16(28)26-10-8-13(9-11-26)27-17(29)25(3)15(24-27)19(21,22)23/h4-7,13H,8-11H2,1-3H3. The second kappa shape index (κ2) is 7.98. The molecule has 1 amide bonds. The summed E-state index contributed by atoms with van der Waals surface area (Å²) in [5, 5.41) is 4.04. The van der Waals surface area contributed by atoms with Crippen molar-refractivity contribution in [1.29, 1.82) is 0 Å². The molecule has 0 spiro atoms. The minimum Gasteiger partial charge on any atom is -0.478 e. The van der Waals surface area contributed by atoms with E-state index in [0.29, 0.717) is 28.2 Å². The Bertz CT molecular complexity index is 974. The van der Waals surface area contributed by atoms with E-state index in [1.807, 2.05) is 0 Å². The van der Waals surface area contributed by atoms with Crippen LogP contribution in [-0.2, 0) is 18.0 Å². The maximum absolute atomic E-state index is 13.0. The van der Waals surface area contributed by atoms with Gasteiger partial charge < -0.3 is 9.64 Å². The number of ether oxygens (including phenoxy) is 1. The third kappa shape index (κ3) is 4.48. The van der Waals surface area contributed by atoms with E-state index in [2.05, 4.69) is 5.10 Å². The number of amides is 1. The van der Waals surface area contributed by atoms with Gasteiger partial charge in [-0.2, -0.15) is 13.2 Å². The predicted octanol–water partition coefficient (Wildman–Crippen LogP) is 3.28. The number of hydrogen-bond donors (Lipinski definition) is 0. The Morgan fingerprint density at radius 1 is 1.17 bits per heavy atom. The van der Waals surface area contributed by atoms with Crippen LogP contribution >= 0.6 is 11.6 Å².